The molecule has 3 heteroatoms. The van der Waals surface area contributed by atoms with Crippen molar-refractivity contribution in [2.45, 2.75) is 27.2 Å². The molecule has 21 heavy (non-hydrogen) atoms. The van der Waals surface area contributed by atoms with Crippen LogP contribution in [-0.2, 0) is 11.3 Å². The van der Waals surface area contributed by atoms with Crippen LogP contribution in [0.3, 0.4) is 0 Å². The highest BCUT2D eigenvalue weighted by atomic mass is 16.7. The van der Waals surface area contributed by atoms with E-state index in [9.17, 15) is 4.79 Å². The van der Waals surface area contributed by atoms with Crippen molar-refractivity contribution in [3.8, 4) is 0 Å². The molecular weight excluding hydrogens is 262 g/mol. The van der Waals surface area contributed by atoms with Gasteiger partial charge in [0.1, 0.15) is 0 Å². The third-order valence-corrected chi connectivity index (χ3v) is 3.50. The summed E-state index contributed by atoms with van der Waals surface area (Å²) in [6.07, 6.45) is 0.904. The summed E-state index contributed by atoms with van der Waals surface area (Å²) >= 11 is 0. The number of carbonyl (C=O) groups excluding carboxylic acids is 1. The fraction of sp³-hybridized carbons (Fsp3) is 0.278. The largest absolute Gasteiger partial charge is 0.363 e. The van der Waals surface area contributed by atoms with E-state index in [0.29, 0.717) is 12.1 Å². The Morgan fingerprint density at radius 3 is 2.38 bits per heavy atom. The first-order chi connectivity index (χ1) is 10.2. The molecule has 0 saturated carbocycles. The summed E-state index contributed by atoms with van der Waals surface area (Å²) in [5.41, 5.74) is 3.94. The molecule has 0 aliphatic carbocycles. The molecule has 0 radical (unpaired) electrons. The SMILES string of the molecule is CCc1c(C)cccc1N(CC)OC(=O)c1ccccc1. The van der Waals surface area contributed by atoms with Gasteiger partial charge in [0.05, 0.1) is 17.8 Å². The molecule has 0 atom stereocenters. The normalized spacial score (nSPS) is 10.2. The predicted octanol–water partition coefficient (Wildman–Crippen LogP) is 4.16. The van der Waals surface area contributed by atoms with Crippen molar-refractivity contribution < 1.29 is 9.63 Å². The Balaban J connectivity index is 2.25. The molecular formula is C18H21NO2. The Morgan fingerprint density at radius 1 is 1.05 bits per heavy atom. The summed E-state index contributed by atoms with van der Waals surface area (Å²) in [6.45, 7) is 6.77. The highest BCUT2D eigenvalue weighted by molar-refractivity contribution is 5.90. The molecule has 0 bridgehead atoms. The summed E-state index contributed by atoms with van der Waals surface area (Å²) in [5.74, 6) is -0.332. The molecule has 0 N–H and O–H groups in total. The fourth-order valence-electron chi connectivity index (χ4n) is 2.39. The molecule has 0 heterocycles. The number of benzene rings is 2. The lowest BCUT2D eigenvalue weighted by molar-refractivity contribution is 0.0455. The molecule has 0 fully saturated rings. The molecule has 0 saturated heterocycles. The van der Waals surface area contributed by atoms with Gasteiger partial charge in [0.25, 0.3) is 0 Å². The van der Waals surface area contributed by atoms with Gasteiger partial charge in [-0.25, -0.2) is 9.86 Å². The van der Waals surface area contributed by atoms with Crippen molar-refractivity contribution in [3.05, 3.63) is 65.2 Å². The van der Waals surface area contributed by atoms with Gasteiger partial charge in [0.2, 0.25) is 0 Å². The minimum atomic E-state index is -0.332. The average Bonchev–Trinajstić information content (AvgIpc) is 2.53. The Morgan fingerprint density at radius 2 is 1.76 bits per heavy atom. The van der Waals surface area contributed by atoms with Crippen LogP contribution >= 0.6 is 0 Å². The Bertz CT molecular complexity index is 608. The van der Waals surface area contributed by atoms with Gasteiger partial charge in [-0.3, -0.25) is 0 Å². The first-order valence-corrected chi connectivity index (χ1v) is 7.30. The van der Waals surface area contributed by atoms with E-state index >= 15 is 0 Å². The van der Waals surface area contributed by atoms with Crippen molar-refractivity contribution in [1.82, 2.24) is 0 Å². The van der Waals surface area contributed by atoms with Gasteiger partial charge in [-0.15, -0.1) is 0 Å². The highest BCUT2D eigenvalue weighted by Crippen LogP contribution is 2.25. The minimum absolute atomic E-state index is 0.332. The molecule has 0 amide bonds. The summed E-state index contributed by atoms with van der Waals surface area (Å²) in [6, 6.07) is 15.1. The Hall–Kier alpha value is -2.29. The molecule has 0 aliphatic heterocycles. The lowest BCUT2D eigenvalue weighted by Gasteiger charge is -2.24. The second-order valence-electron chi connectivity index (χ2n) is 4.87. The van der Waals surface area contributed by atoms with Gasteiger partial charge >= 0.3 is 5.97 Å². The first kappa shape index (κ1) is 15.1. The van der Waals surface area contributed by atoms with Crippen LogP contribution < -0.4 is 5.06 Å². The van der Waals surface area contributed by atoms with Crippen LogP contribution in [0, 0.1) is 6.92 Å². The molecule has 0 aliphatic rings. The van der Waals surface area contributed by atoms with E-state index in [1.165, 1.54) is 11.1 Å². The topological polar surface area (TPSA) is 29.5 Å². The highest BCUT2D eigenvalue weighted by Gasteiger charge is 2.16. The number of anilines is 1. The van der Waals surface area contributed by atoms with E-state index in [0.717, 1.165) is 12.1 Å². The van der Waals surface area contributed by atoms with E-state index in [2.05, 4.69) is 19.9 Å². The van der Waals surface area contributed by atoms with Crippen LogP contribution in [0.25, 0.3) is 0 Å². The number of aryl methyl sites for hydroxylation is 1. The van der Waals surface area contributed by atoms with Crippen LogP contribution in [-0.4, -0.2) is 12.5 Å². The molecule has 3 nitrogen and oxygen atoms in total. The molecule has 2 aromatic rings. The number of carbonyl (C=O) groups is 1. The molecule has 2 aromatic carbocycles. The average molecular weight is 283 g/mol. The zero-order valence-electron chi connectivity index (χ0n) is 12.8. The van der Waals surface area contributed by atoms with Gasteiger partial charge < -0.3 is 4.84 Å². The van der Waals surface area contributed by atoms with Gasteiger partial charge in [-0.05, 0) is 49.6 Å². The monoisotopic (exact) mass is 283 g/mol. The van der Waals surface area contributed by atoms with Crippen LogP contribution in [0.1, 0.15) is 35.3 Å². The lowest BCUT2D eigenvalue weighted by atomic mass is 10.0. The Labute approximate surface area is 126 Å². The number of hydrogen-bond donors (Lipinski definition) is 0. The van der Waals surface area contributed by atoms with Gasteiger partial charge in [-0.2, -0.15) is 0 Å². The van der Waals surface area contributed by atoms with Crippen LogP contribution in [0.2, 0.25) is 0 Å². The number of hydrogen-bond acceptors (Lipinski definition) is 3. The third-order valence-electron chi connectivity index (χ3n) is 3.50. The molecule has 2 rings (SSSR count). The summed E-state index contributed by atoms with van der Waals surface area (Å²) < 4.78 is 0. The quantitative estimate of drug-likeness (QED) is 0.772. The minimum Gasteiger partial charge on any atom is -0.335 e. The smallest absolute Gasteiger partial charge is 0.335 e. The standard InChI is InChI=1S/C18H21NO2/c1-4-16-14(3)10-9-13-17(16)19(5-2)21-18(20)15-11-7-6-8-12-15/h6-13H,4-5H2,1-3H3. The lowest BCUT2D eigenvalue weighted by Crippen LogP contribution is -2.28. The van der Waals surface area contributed by atoms with Gasteiger partial charge in [-0.1, -0.05) is 37.3 Å². The van der Waals surface area contributed by atoms with E-state index in [-0.39, 0.29) is 5.97 Å². The van der Waals surface area contributed by atoms with Gasteiger partial charge in [0.15, 0.2) is 0 Å². The van der Waals surface area contributed by atoms with E-state index < -0.39 is 0 Å². The summed E-state index contributed by atoms with van der Waals surface area (Å²) in [4.78, 5) is 17.8. The van der Waals surface area contributed by atoms with Gasteiger partial charge in [0, 0.05) is 0 Å². The maximum Gasteiger partial charge on any atom is 0.363 e. The van der Waals surface area contributed by atoms with E-state index in [4.69, 9.17) is 4.84 Å². The summed E-state index contributed by atoms with van der Waals surface area (Å²) in [5, 5.41) is 1.67. The number of rotatable bonds is 5. The molecule has 0 aromatic heterocycles. The molecule has 0 unspecified atom stereocenters. The van der Waals surface area contributed by atoms with Crippen molar-refractivity contribution in [1.29, 1.82) is 0 Å². The number of nitrogens with zero attached hydrogens (tertiary/aromatic N) is 1. The fourth-order valence-corrected chi connectivity index (χ4v) is 2.39. The van der Waals surface area contributed by atoms with Crippen molar-refractivity contribution in [3.63, 3.8) is 0 Å². The second-order valence-corrected chi connectivity index (χ2v) is 4.87. The zero-order chi connectivity index (χ0) is 15.2. The predicted molar refractivity (Wildman–Crippen MR) is 85.4 cm³/mol. The van der Waals surface area contributed by atoms with Crippen molar-refractivity contribution in [2.75, 3.05) is 11.6 Å². The maximum atomic E-state index is 12.2. The van der Waals surface area contributed by atoms with Crippen LogP contribution in [0.15, 0.2) is 48.5 Å². The first-order valence-electron chi connectivity index (χ1n) is 7.30. The zero-order valence-corrected chi connectivity index (χ0v) is 12.8. The third kappa shape index (κ3) is 3.43. The van der Waals surface area contributed by atoms with Crippen LogP contribution in [0.5, 0.6) is 0 Å². The number of hydroxylamine groups is 1. The van der Waals surface area contributed by atoms with E-state index in [1.54, 1.807) is 17.2 Å². The molecule has 110 valence electrons. The Kier molecular flexibility index (Phi) is 4.99. The van der Waals surface area contributed by atoms with Crippen LogP contribution in [0.4, 0.5) is 5.69 Å². The van der Waals surface area contributed by atoms with Crippen molar-refractivity contribution >= 4 is 11.7 Å². The van der Waals surface area contributed by atoms with Crippen molar-refractivity contribution in [2.24, 2.45) is 0 Å². The van der Waals surface area contributed by atoms with E-state index in [1.807, 2.05) is 37.3 Å². The molecule has 0 spiro atoms. The maximum absolute atomic E-state index is 12.2. The second kappa shape index (κ2) is 6.93. The summed E-state index contributed by atoms with van der Waals surface area (Å²) in [7, 11) is 0.